The Balaban J connectivity index is 1.90. The quantitative estimate of drug-likeness (QED) is 0.660. The van der Waals surface area contributed by atoms with Crippen LogP contribution in [-0.4, -0.2) is 16.7 Å². The first-order valence-electron chi connectivity index (χ1n) is 5.26. The number of thiophene rings is 1. The Kier molecular flexibility index (Phi) is 4.03. The number of carbonyl (C=O) groups excluding carboxylic acids is 1. The van der Waals surface area contributed by atoms with Gasteiger partial charge in [0.1, 0.15) is 6.54 Å². The van der Waals surface area contributed by atoms with Gasteiger partial charge in [0.2, 0.25) is 0 Å². The van der Waals surface area contributed by atoms with Crippen molar-refractivity contribution >= 4 is 23.5 Å². The number of hydrazone groups is 1. The van der Waals surface area contributed by atoms with Crippen LogP contribution in [0.2, 0.25) is 0 Å². The molecule has 0 aliphatic rings. The molecule has 0 spiro atoms. The molecular weight excluding hydrogens is 250 g/mol. The standard InChI is InChI=1S/C12H11N3O2S/c16-11(9-15-6-2-1-5-12(15)17)14-13-8-10-4-3-7-18-10/h1-8H,9H2,(H,14,16)/b13-8-. The van der Waals surface area contributed by atoms with Gasteiger partial charge in [-0.05, 0) is 17.5 Å². The van der Waals surface area contributed by atoms with Crippen molar-refractivity contribution in [1.82, 2.24) is 9.99 Å². The van der Waals surface area contributed by atoms with Crippen molar-refractivity contribution in [3.63, 3.8) is 0 Å². The molecule has 0 unspecified atom stereocenters. The molecule has 0 aromatic carbocycles. The third-order valence-electron chi connectivity index (χ3n) is 2.14. The Morgan fingerprint density at radius 1 is 1.39 bits per heavy atom. The highest BCUT2D eigenvalue weighted by molar-refractivity contribution is 7.11. The van der Waals surface area contributed by atoms with E-state index in [0.717, 1.165) is 4.88 Å². The van der Waals surface area contributed by atoms with Crippen molar-refractivity contribution in [2.75, 3.05) is 0 Å². The highest BCUT2D eigenvalue weighted by Crippen LogP contribution is 2.03. The zero-order chi connectivity index (χ0) is 12.8. The topological polar surface area (TPSA) is 63.5 Å². The normalized spacial score (nSPS) is 10.7. The minimum Gasteiger partial charge on any atom is -0.306 e. The van der Waals surface area contributed by atoms with Crippen LogP contribution in [0.3, 0.4) is 0 Å². The number of nitrogens with one attached hydrogen (secondary N) is 1. The largest absolute Gasteiger partial charge is 0.306 e. The summed E-state index contributed by atoms with van der Waals surface area (Å²) in [5, 5.41) is 5.73. The van der Waals surface area contributed by atoms with E-state index in [2.05, 4.69) is 10.5 Å². The minimum absolute atomic E-state index is 0.0402. The molecule has 18 heavy (non-hydrogen) atoms. The number of carbonyl (C=O) groups is 1. The van der Waals surface area contributed by atoms with Crippen LogP contribution < -0.4 is 11.0 Å². The van der Waals surface area contributed by atoms with Crippen LogP contribution in [0.25, 0.3) is 0 Å². The summed E-state index contributed by atoms with van der Waals surface area (Å²) >= 11 is 1.53. The van der Waals surface area contributed by atoms with Crippen molar-refractivity contribution in [3.05, 3.63) is 57.1 Å². The Hall–Kier alpha value is -2.21. The lowest BCUT2D eigenvalue weighted by molar-refractivity contribution is -0.121. The van der Waals surface area contributed by atoms with Gasteiger partial charge in [0, 0.05) is 17.1 Å². The lowest BCUT2D eigenvalue weighted by Crippen LogP contribution is -2.28. The Morgan fingerprint density at radius 2 is 2.28 bits per heavy atom. The van der Waals surface area contributed by atoms with Crippen LogP contribution in [0, 0.1) is 0 Å². The van der Waals surface area contributed by atoms with Crippen LogP contribution in [0.4, 0.5) is 0 Å². The van der Waals surface area contributed by atoms with E-state index in [0.29, 0.717) is 0 Å². The summed E-state index contributed by atoms with van der Waals surface area (Å²) in [6.07, 6.45) is 3.13. The number of nitrogens with zero attached hydrogens (tertiary/aromatic N) is 2. The van der Waals surface area contributed by atoms with Crippen LogP contribution >= 0.6 is 11.3 Å². The second-order valence-corrected chi connectivity index (χ2v) is 4.45. The van der Waals surface area contributed by atoms with E-state index in [4.69, 9.17) is 0 Å². The Labute approximate surface area is 107 Å². The van der Waals surface area contributed by atoms with Crippen LogP contribution in [0.5, 0.6) is 0 Å². The van der Waals surface area contributed by atoms with Crippen molar-refractivity contribution in [1.29, 1.82) is 0 Å². The van der Waals surface area contributed by atoms with E-state index in [1.165, 1.54) is 22.0 Å². The first kappa shape index (κ1) is 12.3. The molecule has 2 aromatic heterocycles. The molecule has 0 bridgehead atoms. The number of hydrogen-bond donors (Lipinski definition) is 1. The van der Waals surface area contributed by atoms with Gasteiger partial charge in [-0.2, -0.15) is 5.10 Å². The predicted octanol–water partition coefficient (Wildman–Crippen LogP) is 1.06. The summed E-state index contributed by atoms with van der Waals surface area (Å²) in [4.78, 5) is 23.8. The molecule has 92 valence electrons. The van der Waals surface area contributed by atoms with E-state index in [9.17, 15) is 9.59 Å². The van der Waals surface area contributed by atoms with E-state index >= 15 is 0 Å². The highest BCUT2D eigenvalue weighted by atomic mass is 32.1. The van der Waals surface area contributed by atoms with Crippen molar-refractivity contribution < 1.29 is 4.79 Å². The van der Waals surface area contributed by atoms with Gasteiger partial charge in [0.25, 0.3) is 11.5 Å². The number of rotatable bonds is 4. The zero-order valence-corrected chi connectivity index (χ0v) is 10.3. The lowest BCUT2D eigenvalue weighted by atomic mass is 10.4. The second-order valence-electron chi connectivity index (χ2n) is 3.48. The van der Waals surface area contributed by atoms with Crippen molar-refractivity contribution in [2.24, 2.45) is 5.10 Å². The third-order valence-corrected chi connectivity index (χ3v) is 2.94. The molecule has 0 saturated heterocycles. The maximum Gasteiger partial charge on any atom is 0.260 e. The molecule has 1 N–H and O–H groups in total. The molecule has 0 radical (unpaired) electrons. The van der Waals surface area contributed by atoms with Gasteiger partial charge < -0.3 is 4.57 Å². The van der Waals surface area contributed by atoms with E-state index in [-0.39, 0.29) is 18.0 Å². The number of amides is 1. The average Bonchev–Trinajstić information content (AvgIpc) is 2.85. The molecule has 0 aliphatic carbocycles. The molecule has 2 heterocycles. The summed E-state index contributed by atoms with van der Waals surface area (Å²) in [7, 11) is 0. The van der Waals surface area contributed by atoms with Crippen LogP contribution in [0.1, 0.15) is 4.88 Å². The second kappa shape index (κ2) is 5.92. The summed E-state index contributed by atoms with van der Waals surface area (Å²) in [6, 6.07) is 8.52. The summed E-state index contributed by atoms with van der Waals surface area (Å²) in [5.41, 5.74) is 2.16. The number of pyridine rings is 1. The van der Waals surface area contributed by atoms with Crippen LogP contribution in [-0.2, 0) is 11.3 Å². The minimum atomic E-state index is -0.337. The fraction of sp³-hybridized carbons (Fsp3) is 0.0833. The molecular formula is C12H11N3O2S. The fourth-order valence-electron chi connectivity index (χ4n) is 1.31. The highest BCUT2D eigenvalue weighted by Gasteiger charge is 2.01. The lowest BCUT2D eigenvalue weighted by Gasteiger charge is -2.02. The van der Waals surface area contributed by atoms with E-state index < -0.39 is 0 Å². The SMILES string of the molecule is O=C(Cn1ccccc1=O)N/N=C\c1cccs1. The van der Waals surface area contributed by atoms with Crippen molar-refractivity contribution in [3.8, 4) is 0 Å². The fourth-order valence-corrected chi connectivity index (χ4v) is 1.90. The average molecular weight is 261 g/mol. The molecule has 2 rings (SSSR count). The van der Waals surface area contributed by atoms with Gasteiger partial charge in [0.15, 0.2) is 0 Å². The zero-order valence-electron chi connectivity index (χ0n) is 9.45. The van der Waals surface area contributed by atoms with Gasteiger partial charge >= 0.3 is 0 Å². The first-order chi connectivity index (χ1) is 8.75. The maximum atomic E-state index is 11.5. The molecule has 0 fully saturated rings. The van der Waals surface area contributed by atoms with Gasteiger partial charge in [-0.1, -0.05) is 12.1 Å². The molecule has 5 nitrogen and oxygen atoms in total. The molecule has 2 aromatic rings. The molecule has 6 heteroatoms. The van der Waals surface area contributed by atoms with E-state index in [1.807, 2.05) is 17.5 Å². The summed E-state index contributed by atoms with van der Waals surface area (Å²) in [5.74, 6) is -0.337. The number of hydrogen-bond acceptors (Lipinski definition) is 4. The maximum absolute atomic E-state index is 11.5. The smallest absolute Gasteiger partial charge is 0.260 e. The molecule has 0 atom stereocenters. The van der Waals surface area contributed by atoms with Gasteiger partial charge in [0.05, 0.1) is 6.21 Å². The molecule has 0 saturated carbocycles. The Bertz CT molecular complexity index is 602. The van der Waals surface area contributed by atoms with Gasteiger partial charge in [-0.15, -0.1) is 11.3 Å². The first-order valence-corrected chi connectivity index (χ1v) is 6.14. The third kappa shape index (κ3) is 3.39. The monoisotopic (exact) mass is 261 g/mol. The number of aromatic nitrogens is 1. The van der Waals surface area contributed by atoms with Gasteiger partial charge in [-0.3, -0.25) is 9.59 Å². The summed E-state index contributed by atoms with van der Waals surface area (Å²) < 4.78 is 1.32. The summed E-state index contributed by atoms with van der Waals surface area (Å²) in [6.45, 7) is -0.0402. The van der Waals surface area contributed by atoms with Gasteiger partial charge in [-0.25, -0.2) is 5.43 Å². The molecule has 1 amide bonds. The predicted molar refractivity (Wildman–Crippen MR) is 70.8 cm³/mol. The van der Waals surface area contributed by atoms with Crippen LogP contribution in [0.15, 0.2) is 51.8 Å². The Morgan fingerprint density at radius 3 is 3.00 bits per heavy atom. The molecule has 0 aliphatic heterocycles. The van der Waals surface area contributed by atoms with E-state index in [1.54, 1.807) is 24.5 Å². The van der Waals surface area contributed by atoms with Crippen molar-refractivity contribution in [2.45, 2.75) is 6.54 Å².